The van der Waals surface area contributed by atoms with Gasteiger partial charge in [-0.3, -0.25) is 0 Å². The monoisotopic (exact) mass is 542 g/mol. The van der Waals surface area contributed by atoms with Crippen molar-refractivity contribution in [3.8, 4) is 11.4 Å². The van der Waals surface area contributed by atoms with Crippen LogP contribution >= 0.6 is 11.8 Å². The summed E-state index contributed by atoms with van der Waals surface area (Å²) in [6, 6.07) is 20.5. The van der Waals surface area contributed by atoms with E-state index in [1.807, 2.05) is 23.6 Å². The van der Waals surface area contributed by atoms with Gasteiger partial charge < -0.3 is 4.57 Å². The quantitative estimate of drug-likeness (QED) is 0.221. The number of benzene rings is 3. The number of para-hydroxylation sites is 1. The highest BCUT2D eigenvalue weighted by molar-refractivity contribution is 7.98. The zero-order chi connectivity index (χ0) is 26.2. The molecule has 0 aliphatic carbocycles. The van der Waals surface area contributed by atoms with Gasteiger partial charge in [0.05, 0.1) is 16.0 Å². The van der Waals surface area contributed by atoms with Crippen molar-refractivity contribution in [2.75, 3.05) is 0 Å². The van der Waals surface area contributed by atoms with Crippen LogP contribution in [0.25, 0.3) is 22.3 Å². The van der Waals surface area contributed by atoms with Gasteiger partial charge >= 0.3 is 6.18 Å². The van der Waals surface area contributed by atoms with Crippen molar-refractivity contribution in [2.45, 2.75) is 35.4 Å². The Kier molecular flexibility index (Phi) is 6.59. The minimum Gasteiger partial charge on any atom is -0.302 e. The first-order chi connectivity index (χ1) is 17.7. The van der Waals surface area contributed by atoms with Crippen LogP contribution in [0, 0.1) is 0 Å². The fraction of sp³-hybridized carbons (Fsp3) is 0.154. The van der Waals surface area contributed by atoms with E-state index in [0.29, 0.717) is 39.6 Å². The molecule has 2 aromatic heterocycles. The Labute approximate surface area is 215 Å². The molecule has 0 unspecified atom stereocenters. The fourth-order valence-electron chi connectivity index (χ4n) is 4.10. The van der Waals surface area contributed by atoms with Crippen LogP contribution in [0.5, 0.6) is 0 Å². The van der Waals surface area contributed by atoms with Crippen LogP contribution in [0.3, 0.4) is 0 Å². The third kappa shape index (κ3) is 4.76. The lowest BCUT2D eigenvalue weighted by atomic mass is 10.1. The predicted molar refractivity (Wildman–Crippen MR) is 137 cm³/mol. The van der Waals surface area contributed by atoms with Crippen LogP contribution in [-0.2, 0) is 28.5 Å². The first-order valence-electron chi connectivity index (χ1n) is 11.3. The minimum atomic E-state index is -4.41. The maximum absolute atomic E-state index is 13.4. The average Bonchev–Trinajstić information content (AvgIpc) is 3.49. The molecule has 0 aliphatic heterocycles. The summed E-state index contributed by atoms with van der Waals surface area (Å²) in [6.45, 7) is 2.39. The van der Waals surface area contributed by atoms with Crippen LogP contribution in [0.4, 0.5) is 13.2 Å². The molecule has 0 radical (unpaired) electrons. The number of hydrogen-bond acceptors (Lipinski definition) is 5. The van der Waals surface area contributed by atoms with Gasteiger partial charge in [0.2, 0.25) is 0 Å². The molecule has 0 aliphatic rings. The van der Waals surface area contributed by atoms with E-state index in [2.05, 4.69) is 10.2 Å². The predicted octanol–water partition coefficient (Wildman–Crippen LogP) is 6.47. The van der Waals surface area contributed by atoms with E-state index in [9.17, 15) is 21.6 Å². The van der Waals surface area contributed by atoms with Crippen LogP contribution in [0.15, 0.2) is 95.1 Å². The second-order valence-corrected chi connectivity index (χ2v) is 11.0. The van der Waals surface area contributed by atoms with Crippen LogP contribution < -0.4 is 0 Å². The van der Waals surface area contributed by atoms with E-state index in [1.165, 1.54) is 21.8 Å². The lowest BCUT2D eigenvalue weighted by molar-refractivity contribution is -0.137. The number of nitrogens with zero attached hydrogens (tertiary/aromatic N) is 4. The Morgan fingerprint density at radius 2 is 1.65 bits per heavy atom. The van der Waals surface area contributed by atoms with E-state index >= 15 is 0 Å². The van der Waals surface area contributed by atoms with Gasteiger partial charge in [-0.2, -0.15) is 13.2 Å². The van der Waals surface area contributed by atoms with Gasteiger partial charge in [0.25, 0.3) is 10.0 Å². The number of thioether (sulfide) groups is 1. The number of hydrogen-bond donors (Lipinski definition) is 0. The highest BCUT2D eigenvalue weighted by Crippen LogP contribution is 2.35. The molecule has 5 rings (SSSR count). The molecule has 37 heavy (non-hydrogen) atoms. The number of fused-ring (bicyclic) bond motifs is 1. The summed E-state index contributed by atoms with van der Waals surface area (Å²) in [4.78, 5) is 0.164. The molecule has 0 N–H and O–H groups in total. The minimum absolute atomic E-state index is 0.164. The van der Waals surface area contributed by atoms with Gasteiger partial charge in [0.1, 0.15) is 0 Å². The Morgan fingerprint density at radius 1 is 0.919 bits per heavy atom. The highest BCUT2D eigenvalue weighted by Gasteiger charge is 2.30. The molecule has 0 saturated carbocycles. The van der Waals surface area contributed by atoms with Crippen molar-refractivity contribution in [1.29, 1.82) is 0 Å². The summed E-state index contributed by atoms with van der Waals surface area (Å²) in [5, 5.41) is 9.85. The summed E-state index contributed by atoms with van der Waals surface area (Å²) in [5.74, 6) is 0.749. The number of halogens is 3. The van der Waals surface area contributed by atoms with E-state index in [0.717, 1.165) is 12.1 Å². The van der Waals surface area contributed by atoms with Gasteiger partial charge in [-0.15, -0.1) is 10.2 Å². The standard InChI is InChI=1S/C26H21F3N4O2S2/c1-2-32-24(30-31-25(32)36-17-18-9-8-10-19(15-18)26(27,28)29)22-16-33(23-14-7-6-13-21(22)23)37(34,35)20-11-4-3-5-12-20/h3-16H,2,17H2,1H3. The maximum atomic E-state index is 13.4. The largest absolute Gasteiger partial charge is 0.416 e. The van der Waals surface area contributed by atoms with E-state index in [1.54, 1.807) is 54.7 Å². The molecule has 5 aromatic rings. The zero-order valence-corrected chi connectivity index (χ0v) is 21.2. The average molecular weight is 543 g/mol. The van der Waals surface area contributed by atoms with Crippen LogP contribution in [-0.4, -0.2) is 27.2 Å². The lowest BCUT2D eigenvalue weighted by Crippen LogP contribution is -2.11. The Bertz CT molecular complexity index is 1680. The topological polar surface area (TPSA) is 69.8 Å². The summed E-state index contributed by atoms with van der Waals surface area (Å²) >= 11 is 1.27. The zero-order valence-electron chi connectivity index (χ0n) is 19.6. The summed E-state index contributed by atoms with van der Waals surface area (Å²) in [7, 11) is -3.87. The van der Waals surface area contributed by atoms with Crippen molar-refractivity contribution in [3.63, 3.8) is 0 Å². The van der Waals surface area contributed by atoms with Gasteiger partial charge in [-0.25, -0.2) is 12.4 Å². The van der Waals surface area contributed by atoms with Gasteiger partial charge in [-0.1, -0.05) is 66.4 Å². The lowest BCUT2D eigenvalue weighted by Gasteiger charge is -2.09. The number of alkyl halides is 3. The first kappa shape index (κ1) is 25.1. The smallest absolute Gasteiger partial charge is 0.302 e. The molecule has 0 atom stereocenters. The van der Waals surface area contributed by atoms with E-state index in [4.69, 9.17) is 0 Å². The SMILES string of the molecule is CCn1c(SCc2cccc(C(F)(F)F)c2)nnc1-c1cn(S(=O)(=O)c2ccccc2)c2ccccc12. The van der Waals surface area contributed by atoms with Crippen molar-refractivity contribution in [2.24, 2.45) is 0 Å². The number of aromatic nitrogens is 4. The van der Waals surface area contributed by atoms with Crippen LogP contribution in [0.1, 0.15) is 18.1 Å². The first-order valence-corrected chi connectivity index (χ1v) is 13.8. The van der Waals surface area contributed by atoms with Gasteiger partial charge in [0.15, 0.2) is 11.0 Å². The molecule has 0 spiro atoms. The highest BCUT2D eigenvalue weighted by atomic mass is 32.2. The van der Waals surface area contributed by atoms with Crippen molar-refractivity contribution < 1.29 is 21.6 Å². The third-order valence-electron chi connectivity index (χ3n) is 5.87. The second-order valence-electron chi connectivity index (χ2n) is 8.21. The van der Waals surface area contributed by atoms with Crippen LogP contribution in [0.2, 0.25) is 0 Å². The molecular formula is C26H21F3N4O2S2. The molecule has 11 heteroatoms. The second kappa shape index (κ2) is 9.71. The molecule has 0 saturated heterocycles. The third-order valence-corrected chi connectivity index (χ3v) is 8.60. The van der Waals surface area contributed by atoms with Crippen molar-refractivity contribution in [1.82, 2.24) is 18.7 Å². The molecule has 3 aromatic carbocycles. The van der Waals surface area contributed by atoms with Crippen molar-refractivity contribution >= 4 is 32.7 Å². The normalized spacial score (nSPS) is 12.3. The van der Waals surface area contributed by atoms with E-state index in [-0.39, 0.29) is 10.6 Å². The summed E-state index contributed by atoms with van der Waals surface area (Å²) in [6.07, 6.45) is -2.87. The fourth-order valence-corrected chi connectivity index (χ4v) is 6.43. The molecule has 190 valence electrons. The molecular weight excluding hydrogens is 521 g/mol. The van der Waals surface area contributed by atoms with Gasteiger partial charge in [0, 0.05) is 29.4 Å². The summed E-state index contributed by atoms with van der Waals surface area (Å²) < 4.78 is 69.2. The maximum Gasteiger partial charge on any atom is 0.416 e. The molecule has 2 heterocycles. The van der Waals surface area contributed by atoms with E-state index < -0.39 is 21.8 Å². The summed E-state index contributed by atoms with van der Waals surface area (Å²) in [5.41, 5.74) is 0.911. The Hall–Kier alpha value is -3.57. The number of rotatable bonds is 7. The molecule has 6 nitrogen and oxygen atoms in total. The van der Waals surface area contributed by atoms with Gasteiger partial charge in [-0.05, 0) is 36.8 Å². The molecule has 0 bridgehead atoms. The molecule has 0 amide bonds. The molecule has 0 fully saturated rings. The Balaban J connectivity index is 1.53. The van der Waals surface area contributed by atoms with Crippen molar-refractivity contribution in [3.05, 3.63) is 96.2 Å². The Morgan fingerprint density at radius 3 is 2.38 bits per heavy atom.